The molecule has 0 fully saturated rings. The molecule has 112 valence electrons. The summed E-state index contributed by atoms with van der Waals surface area (Å²) in [6, 6.07) is 9.54. The molecule has 0 amide bonds. The van der Waals surface area contributed by atoms with Crippen LogP contribution in [-0.4, -0.2) is 18.3 Å². The number of aromatic hydroxyl groups is 1. The number of nitrogens with zero attached hydrogens (tertiary/aromatic N) is 1. The maximum Gasteiger partial charge on any atom is 0.228 e. The highest BCUT2D eigenvalue weighted by molar-refractivity contribution is 5.38. The highest BCUT2D eigenvalue weighted by Gasteiger charge is 2.16. The van der Waals surface area contributed by atoms with Gasteiger partial charge in [0.1, 0.15) is 25.5 Å². The van der Waals surface area contributed by atoms with Gasteiger partial charge in [-0.1, -0.05) is 12.1 Å². The van der Waals surface area contributed by atoms with E-state index in [4.69, 9.17) is 9.47 Å². The Hall–Kier alpha value is -2.23. The third-order valence-electron chi connectivity index (χ3n) is 3.33. The van der Waals surface area contributed by atoms with Gasteiger partial charge in [-0.2, -0.15) is 4.57 Å². The summed E-state index contributed by atoms with van der Waals surface area (Å²) in [5, 5.41) is 9.88. The molecule has 0 aliphatic carbocycles. The zero-order chi connectivity index (χ0) is 15.2. The number of ether oxygens (including phenoxy) is 2. The molecule has 2 rings (SSSR count). The van der Waals surface area contributed by atoms with Crippen LogP contribution in [-0.2, 0) is 6.54 Å². The first kappa shape index (κ1) is 15.2. The number of pyridine rings is 1. The molecule has 1 heterocycles. The third kappa shape index (κ3) is 3.88. The Labute approximate surface area is 125 Å². The lowest BCUT2D eigenvalue weighted by Crippen LogP contribution is -2.35. The number of hydrogen-bond donors (Lipinski definition) is 1. The van der Waals surface area contributed by atoms with E-state index in [0.29, 0.717) is 19.0 Å². The fraction of sp³-hybridized carbons (Fsp3) is 0.353. The highest BCUT2D eigenvalue weighted by Crippen LogP contribution is 2.26. The van der Waals surface area contributed by atoms with Crippen LogP contribution in [0.15, 0.2) is 36.5 Å². The van der Waals surface area contributed by atoms with Crippen LogP contribution >= 0.6 is 0 Å². The summed E-state index contributed by atoms with van der Waals surface area (Å²) in [7, 11) is 0. The Bertz CT molecular complexity index is 611. The molecule has 21 heavy (non-hydrogen) atoms. The Kier molecular flexibility index (Phi) is 5.04. The molecule has 0 unspecified atom stereocenters. The zero-order valence-electron chi connectivity index (χ0n) is 12.8. The van der Waals surface area contributed by atoms with E-state index in [-0.39, 0.29) is 5.75 Å². The summed E-state index contributed by atoms with van der Waals surface area (Å²) < 4.78 is 13.3. The minimum Gasteiger partial charge on any atom is -0.504 e. The van der Waals surface area contributed by atoms with Crippen molar-refractivity contribution >= 4 is 0 Å². The second-order valence-electron chi connectivity index (χ2n) is 4.91. The van der Waals surface area contributed by atoms with Crippen molar-refractivity contribution < 1.29 is 19.1 Å². The number of aromatic nitrogens is 1. The fourth-order valence-electron chi connectivity index (χ4n) is 2.19. The van der Waals surface area contributed by atoms with E-state index in [0.717, 1.165) is 23.6 Å². The van der Waals surface area contributed by atoms with Crippen molar-refractivity contribution in [2.45, 2.75) is 27.3 Å². The minimum absolute atomic E-state index is 0.160. The average molecular weight is 288 g/mol. The smallest absolute Gasteiger partial charge is 0.228 e. The molecule has 4 heteroatoms. The maximum absolute atomic E-state index is 9.88. The van der Waals surface area contributed by atoms with E-state index in [2.05, 4.69) is 6.92 Å². The van der Waals surface area contributed by atoms with Crippen LogP contribution in [0.25, 0.3) is 0 Å². The van der Waals surface area contributed by atoms with Gasteiger partial charge in [0.25, 0.3) is 0 Å². The van der Waals surface area contributed by atoms with E-state index < -0.39 is 0 Å². The van der Waals surface area contributed by atoms with Crippen molar-refractivity contribution in [2.75, 3.05) is 13.2 Å². The Morgan fingerprint density at radius 3 is 2.57 bits per heavy atom. The van der Waals surface area contributed by atoms with Crippen molar-refractivity contribution in [1.82, 2.24) is 0 Å². The number of rotatable bonds is 6. The molecule has 0 bridgehead atoms. The zero-order valence-corrected chi connectivity index (χ0v) is 12.8. The van der Waals surface area contributed by atoms with Crippen LogP contribution in [0.4, 0.5) is 0 Å². The molecule has 0 saturated carbocycles. The molecule has 0 aliphatic rings. The van der Waals surface area contributed by atoms with Gasteiger partial charge < -0.3 is 14.6 Å². The molecule has 1 aromatic carbocycles. The molecule has 1 aromatic heterocycles. The van der Waals surface area contributed by atoms with Gasteiger partial charge in [-0.3, -0.25) is 0 Å². The van der Waals surface area contributed by atoms with Gasteiger partial charge in [-0.15, -0.1) is 0 Å². The third-order valence-corrected chi connectivity index (χ3v) is 3.33. The summed E-state index contributed by atoms with van der Waals surface area (Å²) in [5.74, 6) is 1.51. The molecule has 0 aliphatic heterocycles. The van der Waals surface area contributed by atoms with E-state index in [9.17, 15) is 5.11 Å². The molecule has 0 spiro atoms. The maximum atomic E-state index is 9.88. The summed E-state index contributed by atoms with van der Waals surface area (Å²) >= 11 is 0. The number of aryl methyl sites for hydroxylation is 2. The lowest BCUT2D eigenvalue weighted by molar-refractivity contribution is -0.699. The van der Waals surface area contributed by atoms with Crippen molar-refractivity contribution in [3.63, 3.8) is 0 Å². The first-order chi connectivity index (χ1) is 10.1. The molecule has 0 atom stereocenters. The molecule has 0 saturated heterocycles. The molecule has 2 aromatic rings. The largest absolute Gasteiger partial charge is 0.504 e. The van der Waals surface area contributed by atoms with E-state index >= 15 is 0 Å². The van der Waals surface area contributed by atoms with Crippen LogP contribution in [0.3, 0.4) is 0 Å². The second kappa shape index (κ2) is 6.97. The van der Waals surface area contributed by atoms with Crippen LogP contribution in [0.2, 0.25) is 0 Å². The standard InChI is InChI=1S/C17H21NO3/c1-4-18-9-8-16(19)17(14(18)3)21-11-10-20-15-7-5-6-13(2)12-15/h5-9,12H,4,10-11H2,1-3H3/p+1. The predicted molar refractivity (Wildman–Crippen MR) is 80.9 cm³/mol. The van der Waals surface area contributed by atoms with Crippen LogP contribution < -0.4 is 14.0 Å². The Morgan fingerprint density at radius 1 is 1.10 bits per heavy atom. The van der Waals surface area contributed by atoms with Gasteiger partial charge in [-0.25, -0.2) is 0 Å². The van der Waals surface area contributed by atoms with Crippen molar-refractivity contribution in [3.8, 4) is 17.2 Å². The van der Waals surface area contributed by atoms with Crippen LogP contribution in [0.1, 0.15) is 18.2 Å². The molecule has 0 radical (unpaired) electrons. The van der Waals surface area contributed by atoms with Gasteiger partial charge in [0, 0.05) is 13.0 Å². The highest BCUT2D eigenvalue weighted by atomic mass is 16.5. The lowest BCUT2D eigenvalue weighted by atomic mass is 10.2. The number of benzene rings is 1. The lowest BCUT2D eigenvalue weighted by Gasteiger charge is -2.11. The summed E-state index contributed by atoms with van der Waals surface area (Å²) in [5.41, 5.74) is 2.07. The average Bonchev–Trinajstić information content (AvgIpc) is 2.46. The van der Waals surface area contributed by atoms with Gasteiger partial charge in [0.05, 0.1) is 0 Å². The van der Waals surface area contributed by atoms with Crippen molar-refractivity contribution in [3.05, 3.63) is 47.8 Å². The first-order valence-corrected chi connectivity index (χ1v) is 7.16. The molecule has 4 nitrogen and oxygen atoms in total. The van der Waals surface area contributed by atoms with Gasteiger partial charge in [0.15, 0.2) is 11.9 Å². The number of hydrogen-bond acceptors (Lipinski definition) is 3. The normalized spacial score (nSPS) is 10.4. The Morgan fingerprint density at radius 2 is 1.86 bits per heavy atom. The topological polar surface area (TPSA) is 42.6 Å². The quantitative estimate of drug-likeness (QED) is 0.656. The van der Waals surface area contributed by atoms with Crippen molar-refractivity contribution in [2.24, 2.45) is 0 Å². The predicted octanol–water partition coefficient (Wildman–Crippen LogP) is 2.77. The van der Waals surface area contributed by atoms with E-state index in [1.165, 1.54) is 0 Å². The van der Waals surface area contributed by atoms with Gasteiger partial charge >= 0.3 is 0 Å². The molecular formula is C17H22NO3+. The SMILES string of the molecule is CC[n+]1ccc(O)c(OCCOc2cccc(C)c2)c1C. The van der Waals surface area contributed by atoms with Gasteiger partial charge in [-0.05, 0) is 31.5 Å². The fourth-order valence-corrected chi connectivity index (χ4v) is 2.19. The Balaban J connectivity index is 1.92. The van der Waals surface area contributed by atoms with Crippen LogP contribution in [0, 0.1) is 13.8 Å². The molecule has 1 N–H and O–H groups in total. The molecular weight excluding hydrogens is 266 g/mol. The summed E-state index contributed by atoms with van der Waals surface area (Å²) in [6.45, 7) is 7.66. The summed E-state index contributed by atoms with van der Waals surface area (Å²) in [4.78, 5) is 0. The van der Waals surface area contributed by atoms with Crippen LogP contribution in [0.5, 0.6) is 17.2 Å². The monoisotopic (exact) mass is 288 g/mol. The van der Waals surface area contributed by atoms with E-state index in [1.807, 2.05) is 48.9 Å². The van der Waals surface area contributed by atoms with E-state index in [1.54, 1.807) is 6.07 Å². The van der Waals surface area contributed by atoms with Gasteiger partial charge in [0.2, 0.25) is 11.4 Å². The van der Waals surface area contributed by atoms with Crippen molar-refractivity contribution in [1.29, 1.82) is 0 Å². The summed E-state index contributed by atoms with van der Waals surface area (Å²) in [6.07, 6.45) is 1.85. The first-order valence-electron chi connectivity index (χ1n) is 7.16. The minimum atomic E-state index is 0.160. The second-order valence-corrected chi connectivity index (χ2v) is 4.91.